The van der Waals surface area contributed by atoms with Crippen molar-refractivity contribution < 1.29 is 14.3 Å². The van der Waals surface area contributed by atoms with Crippen LogP contribution in [-0.4, -0.2) is 53.1 Å². The highest BCUT2D eigenvalue weighted by atomic mass is 35.5. The molecule has 1 aliphatic heterocycles. The van der Waals surface area contributed by atoms with Gasteiger partial charge in [0.15, 0.2) is 0 Å². The van der Waals surface area contributed by atoms with Crippen LogP contribution in [0.3, 0.4) is 0 Å². The van der Waals surface area contributed by atoms with E-state index in [-0.39, 0.29) is 18.0 Å². The molecule has 0 radical (unpaired) electrons. The highest BCUT2D eigenvalue weighted by Gasteiger charge is 2.31. The number of benzene rings is 1. The van der Waals surface area contributed by atoms with Gasteiger partial charge in [0, 0.05) is 30.7 Å². The molecule has 1 heterocycles. The summed E-state index contributed by atoms with van der Waals surface area (Å²) in [4.78, 5) is 28.2. The second-order valence-electron chi connectivity index (χ2n) is 7.17. The number of halogens is 1. The maximum atomic E-state index is 12.5. The Morgan fingerprint density at radius 3 is 2.38 bits per heavy atom. The molecule has 0 aromatic heterocycles. The predicted molar refractivity (Wildman–Crippen MR) is 94.1 cm³/mol. The minimum absolute atomic E-state index is 0.0360. The highest BCUT2D eigenvalue weighted by molar-refractivity contribution is 6.30. The fourth-order valence-corrected chi connectivity index (χ4v) is 2.82. The number of hydrogen-bond acceptors (Lipinski definition) is 3. The molecule has 24 heavy (non-hydrogen) atoms. The summed E-state index contributed by atoms with van der Waals surface area (Å²) in [5.41, 5.74) is 0.424. The standard InChI is InChI=1S/C18H25ClN2O3/c1-13-12-20(17(23)24-18(2,3)4)9-10-21(13)16(22)11-14-5-7-15(19)8-6-14/h5-8,13H,9-12H2,1-4H3. The third-order valence-corrected chi connectivity index (χ3v) is 4.12. The van der Waals surface area contributed by atoms with Crippen molar-refractivity contribution in [3.63, 3.8) is 0 Å². The van der Waals surface area contributed by atoms with E-state index in [9.17, 15) is 9.59 Å². The molecular formula is C18H25ClN2O3. The van der Waals surface area contributed by atoms with Gasteiger partial charge in [-0.25, -0.2) is 4.79 Å². The molecule has 5 nitrogen and oxygen atoms in total. The van der Waals surface area contributed by atoms with Crippen LogP contribution < -0.4 is 0 Å². The largest absolute Gasteiger partial charge is 0.444 e. The van der Waals surface area contributed by atoms with E-state index in [1.54, 1.807) is 17.0 Å². The fraction of sp³-hybridized carbons (Fsp3) is 0.556. The van der Waals surface area contributed by atoms with Gasteiger partial charge in [-0.05, 0) is 45.4 Å². The first kappa shape index (κ1) is 18.6. The van der Waals surface area contributed by atoms with Crippen LogP contribution >= 0.6 is 11.6 Å². The van der Waals surface area contributed by atoms with E-state index >= 15 is 0 Å². The Kier molecular flexibility index (Phi) is 5.75. The third-order valence-electron chi connectivity index (χ3n) is 3.87. The van der Waals surface area contributed by atoms with Crippen molar-refractivity contribution in [2.75, 3.05) is 19.6 Å². The van der Waals surface area contributed by atoms with Gasteiger partial charge in [-0.1, -0.05) is 23.7 Å². The van der Waals surface area contributed by atoms with Crippen LogP contribution in [0.5, 0.6) is 0 Å². The smallest absolute Gasteiger partial charge is 0.410 e. The van der Waals surface area contributed by atoms with Crippen LogP contribution in [0.1, 0.15) is 33.3 Å². The number of amides is 2. The Morgan fingerprint density at radius 1 is 1.21 bits per heavy atom. The molecule has 1 aromatic rings. The average molecular weight is 353 g/mol. The van der Waals surface area contributed by atoms with E-state index in [0.29, 0.717) is 31.1 Å². The normalized spacial score (nSPS) is 18.5. The summed E-state index contributed by atoms with van der Waals surface area (Å²) >= 11 is 5.87. The second-order valence-corrected chi connectivity index (χ2v) is 7.60. The number of carbonyl (C=O) groups excluding carboxylic acids is 2. The maximum Gasteiger partial charge on any atom is 0.410 e. The van der Waals surface area contributed by atoms with Crippen LogP contribution in [0, 0.1) is 0 Å². The first-order valence-electron chi connectivity index (χ1n) is 8.17. The molecule has 1 aliphatic rings. The summed E-state index contributed by atoms with van der Waals surface area (Å²) in [6.45, 7) is 9.00. The average Bonchev–Trinajstić information content (AvgIpc) is 2.47. The monoisotopic (exact) mass is 352 g/mol. The molecule has 1 saturated heterocycles. The van der Waals surface area contributed by atoms with E-state index < -0.39 is 5.60 Å². The molecule has 1 fully saturated rings. The molecule has 1 aromatic carbocycles. The van der Waals surface area contributed by atoms with Gasteiger partial charge in [0.2, 0.25) is 5.91 Å². The Balaban J connectivity index is 1.91. The number of hydrogen-bond donors (Lipinski definition) is 0. The zero-order chi connectivity index (χ0) is 17.9. The SMILES string of the molecule is CC1CN(C(=O)OC(C)(C)C)CCN1C(=O)Cc1ccc(Cl)cc1. The summed E-state index contributed by atoms with van der Waals surface area (Å²) in [5.74, 6) is 0.0636. The van der Waals surface area contributed by atoms with Crippen LogP contribution in [0.25, 0.3) is 0 Å². The summed E-state index contributed by atoms with van der Waals surface area (Å²) < 4.78 is 5.40. The first-order valence-corrected chi connectivity index (χ1v) is 8.55. The molecule has 0 spiro atoms. The lowest BCUT2D eigenvalue weighted by molar-refractivity contribution is -0.134. The van der Waals surface area contributed by atoms with Crippen molar-refractivity contribution in [3.8, 4) is 0 Å². The summed E-state index contributed by atoms with van der Waals surface area (Å²) in [6.07, 6.45) is 0.0210. The van der Waals surface area contributed by atoms with Gasteiger partial charge in [0.25, 0.3) is 0 Å². The summed E-state index contributed by atoms with van der Waals surface area (Å²) in [7, 11) is 0. The molecule has 1 unspecified atom stereocenters. The number of ether oxygens (including phenoxy) is 1. The molecule has 0 bridgehead atoms. The molecule has 132 valence electrons. The molecule has 6 heteroatoms. The maximum absolute atomic E-state index is 12.5. The van der Waals surface area contributed by atoms with E-state index in [1.807, 2.05) is 44.7 Å². The van der Waals surface area contributed by atoms with E-state index in [1.165, 1.54) is 0 Å². The van der Waals surface area contributed by atoms with Gasteiger partial charge >= 0.3 is 6.09 Å². The number of piperazine rings is 1. The quantitative estimate of drug-likeness (QED) is 0.820. The van der Waals surface area contributed by atoms with Gasteiger partial charge in [0.05, 0.1) is 6.42 Å². The lowest BCUT2D eigenvalue weighted by Gasteiger charge is -2.40. The van der Waals surface area contributed by atoms with Crippen LogP contribution in [-0.2, 0) is 16.0 Å². The van der Waals surface area contributed by atoms with E-state index in [0.717, 1.165) is 5.56 Å². The van der Waals surface area contributed by atoms with Crippen LogP contribution in [0.4, 0.5) is 4.79 Å². The van der Waals surface area contributed by atoms with Crippen molar-refractivity contribution in [1.29, 1.82) is 0 Å². The molecule has 2 amide bonds. The first-order chi connectivity index (χ1) is 11.2. The molecule has 0 saturated carbocycles. The van der Waals surface area contributed by atoms with Crippen molar-refractivity contribution in [2.24, 2.45) is 0 Å². The second kappa shape index (κ2) is 7.43. The number of nitrogens with zero attached hydrogens (tertiary/aromatic N) is 2. The fourth-order valence-electron chi connectivity index (χ4n) is 2.70. The lowest BCUT2D eigenvalue weighted by Crippen LogP contribution is -2.56. The van der Waals surface area contributed by atoms with E-state index in [4.69, 9.17) is 16.3 Å². The Hall–Kier alpha value is -1.75. The van der Waals surface area contributed by atoms with Gasteiger partial charge in [0.1, 0.15) is 5.60 Å². The zero-order valence-electron chi connectivity index (χ0n) is 14.7. The predicted octanol–water partition coefficient (Wildman–Crippen LogP) is 3.35. The third kappa shape index (κ3) is 5.13. The topological polar surface area (TPSA) is 49.9 Å². The Bertz CT molecular complexity index is 595. The number of carbonyl (C=O) groups is 2. The summed E-state index contributed by atoms with van der Waals surface area (Å²) in [6, 6.07) is 7.26. The summed E-state index contributed by atoms with van der Waals surface area (Å²) in [5, 5.41) is 0.658. The zero-order valence-corrected chi connectivity index (χ0v) is 15.5. The molecule has 0 aliphatic carbocycles. The Morgan fingerprint density at radius 2 is 1.83 bits per heavy atom. The lowest BCUT2D eigenvalue weighted by atomic mass is 10.1. The van der Waals surface area contributed by atoms with Crippen LogP contribution in [0.15, 0.2) is 24.3 Å². The molecule has 0 N–H and O–H groups in total. The minimum atomic E-state index is -0.512. The highest BCUT2D eigenvalue weighted by Crippen LogP contribution is 2.17. The van der Waals surface area contributed by atoms with Crippen molar-refractivity contribution in [3.05, 3.63) is 34.9 Å². The minimum Gasteiger partial charge on any atom is -0.444 e. The molecule has 2 rings (SSSR count). The van der Waals surface area contributed by atoms with Gasteiger partial charge in [-0.2, -0.15) is 0 Å². The Labute approximate surface area is 148 Å². The van der Waals surface area contributed by atoms with Gasteiger partial charge in [-0.3, -0.25) is 4.79 Å². The van der Waals surface area contributed by atoms with Crippen molar-refractivity contribution in [2.45, 2.75) is 45.8 Å². The van der Waals surface area contributed by atoms with Crippen LogP contribution in [0.2, 0.25) is 5.02 Å². The van der Waals surface area contributed by atoms with Gasteiger partial charge < -0.3 is 14.5 Å². The number of rotatable bonds is 2. The van der Waals surface area contributed by atoms with E-state index in [2.05, 4.69) is 0 Å². The molecule has 1 atom stereocenters. The van der Waals surface area contributed by atoms with Crippen molar-refractivity contribution >= 4 is 23.6 Å². The van der Waals surface area contributed by atoms with Crippen molar-refractivity contribution in [1.82, 2.24) is 9.80 Å². The van der Waals surface area contributed by atoms with Gasteiger partial charge in [-0.15, -0.1) is 0 Å². The molecular weight excluding hydrogens is 328 g/mol.